The molecule has 1 aliphatic heterocycles. The molecule has 0 bridgehead atoms. The summed E-state index contributed by atoms with van der Waals surface area (Å²) in [6.45, 7) is 7.92. The normalized spacial score (nSPS) is 20.0. The van der Waals surface area contributed by atoms with Crippen molar-refractivity contribution in [1.29, 1.82) is 0 Å². The maximum absolute atomic E-state index is 13.1. The lowest BCUT2D eigenvalue weighted by Crippen LogP contribution is -2.44. The molecule has 1 unspecified atom stereocenters. The van der Waals surface area contributed by atoms with Gasteiger partial charge < -0.3 is 15.0 Å². The molecule has 0 aromatic carbocycles. The van der Waals surface area contributed by atoms with Crippen LogP contribution in [0.25, 0.3) is 0 Å². The lowest BCUT2D eigenvalue weighted by atomic mass is 9.82. The van der Waals surface area contributed by atoms with Crippen molar-refractivity contribution in [2.24, 2.45) is 5.92 Å². The van der Waals surface area contributed by atoms with Gasteiger partial charge in [-0.3, -0.25) is 14.4 Å². The highest BCUT2D eigenvalue weighted by molar-refractivity contribution is 6.28. The number of rotatable bonds is 3. The molecule has 6 heteroatoms. The van der Waals surface area contributed by atoms with Crippen LogP contribution >= 0.6 is 0 Å². The molecule has 0 saturated carbocycles. The van der Waals surface area contributed by atoms with Gasteiger partial charge in [0.25, 0.3) is 0 Å². The first-order valence-electron chi connectivity index (χ1n) is 8.43. The molecule has 2 N–H and O–H groups in total. The van der Waals surface area contributed by atoms with Gasteiger partial charge in [-0.05, 0) is 43.4 Å². The predicted molar refractivity (Wildman–Crippen MR) is 93.4 cm³/mol. The van der Waals surface area contributed by atoms with Crippen molar-refractivity contribution in [3.8, 4) is 0 Å². The van der Waals surface area contributed by atoms with E-state index in [1.54, 1.807) is 24.8 Å². The summed E-state index contributed by atoms with van der Waals surface area (Å²) < 4.78 is 0. The fourth-order valence-electron chi connectivity index (χ4n) is 3.43. The second-order valence-electron chi connectivity index (χ2n) is 7.09. The van der Waals surface area contributed by atoms with Gasteiger partial charge in [0.1, 0.15) is 17.6 Å². The van der Waals surface area contributed by atoms with Crippen LogP contribution in [0.5, 0.6) is 0 Å². The van der Waals surface area contributed by atoms with Gasteiger partial charge in [0.05, 0.1) is 11.1 Å². The number of aliphatic hydroxyl groups is 1. The van der Waals surface area contributed by atoms with Crippen LogP contribution < -0.4 is 5.56 Å². The van der Waals surface area contributed by atoms with Gasteiger partial charge in [-0.15, -0.1) is 0 Å². The maximum Gasteiger partial charge on any atom is 0.248 e. The van der Waals surface area contributed by atoms with Crippen molar-refractivity contribution in [2.45, 2.75) is 40.3 Å². The Morgan fingerprint density at radius 3 is 2.52 bits per heavy atom. The van der Waals surface area contributed by atoms with Crippen LogP contribution in [-0.4, -0.2) is 39.3 Å². The van der Waals surface area contributed by atoms with Crippen LogP contribution in [0.4, 0.5) is 0 Å². The summed E-state index contributed by atoms with van der Waals surface area (Å²) in [5.74, 6) is -0.318. The van der Waals surface area contributed by atoms with Crippen LogP contribution in [0.1, 0.15) is 53.6 Å². The van der Waals surface area contributed by atoms with Crippen molar-refractivity contribution < 1.29 is 14.7 Å². The van der Waals surface area contributed by atoms with Crippen molar-refractivity contribution in [2.75, 3.05) is 6.54 Å². The Morgan fingerprint density at radius 2 is 1.88 bits per heavy atom. The Bertz CT molecular complexity index is 889. The predicted octanol–water partition coefficient (Wildman–Crippen LogP) is 1.94. The number of aryl methyl sites for hydroxylation is 1. The highest BCUT2D eigenvalue weighted by Crippen LogP contribution is 2.36. The summed E-state index contributed by atoms with van der Waals surface area (Å²) in [6.07, 6.45) is 1.39. The lowest BCUT2D eigenvalue weighted by molar-refractivity contribution is 0.0527. The highest BCUT2D eigenvalue weighted by atomic mass is 16.3. The Hall–Kier alpha value is -2.47. The minimum atomic E-state index is -0.965. The van der Waals surface area contributed by atoms with Crippen molar-refractivity contribution in [1.82, 2.24) is 9.88 Å². The van der Waals surface area contributed by atoms with Crippen LogP contribution in [0.2, 0.25) is 0 Å². The fourth-order valence-corrected chi connectivity index (χ4v) is 3.43. The number of fused-ring (bicyclic) bond motifs is 1. The molecular weight excluding hydrogens is 320 g/mol. The number of hydrogen-bond donors (Lipinski definition) is 2. The summed E-state index contributed by atoms with van der Waals surface area (Å²) in [6, 6.07) is 1.32. The zero-order valence-corrected chi connectivity index (χ0v) is 14.8. The molecule has 6 nitrogen and oxygen atoms in total. The van der Waals surface area contributed by atoms with E-state index in [-0.39, 0.29) is 22.7 Å². The molecule has 25 heavy (non-hydrogen) atoms. The molecule has 0 spiro atoms. The van der Waals surface area contributed by atoms with Gasteiger partial charge in [-0.2, -0.15) is 0 Å². The van der Waals surface area contributed by atoms with Gasteiger partial charge in [0.15, 0.2) is 5.78 Å². The number of allylic oxidation sites excluding steroid dienone is 3. The van der Waals surface area contributed by atoms with Crippen molar-refractivity contribution in [3.63, 3.8) is 0 Å². The highest BCUT2D eigenvalue weighted by Gasteiger charge is 2.41. The van der Waals surface area contributed by atoms with Crippen molar-refractivity contribution >= 4 is 11.6 Å². The summed E-state index contributed by atoms with van der Waals surface area (Å²) in [4.78, 5) is 42.0. The Morgan fingerprint density at radius 1 is 1.20 bits per heavy atom. The third-order valence-corrected chi connectivity index (χ3v) is 4.72. The molecule has 0 amide bonds. The molecule has 0 saturated heterocycles. The van der Waals surface area contributed by atoms with E-state index in [1.807, 2.05) is 0 Å². The van der Waals surface area contributed by atoms with Crippen LogP contribution in [0, 0.1) is 12.8 Å². The largest absolute Gasteiger partial charge is 0.370 e. The number of H-pyrrole nitrogens is 1. The minimum absolute atomic E-state index is 0.0187. The van der Waals surface area contributed by atoms with E-state index in [1.165, 1.54) is 6.07 Å². The van der Waals surface area contributed by atoms with E-state index in [2.05, 4.69) is 18.8 Å². The lowest BCUT2D eigenvalue weighted by Gasteiger charge is -2.37. The molecule has 1 aromatic heterocycles. The summed E-state index contributed by atoms with van der Waals surface area (Å²) in [5.41, 5.74) is 1.42. The minimum Gasteiger partial charge on any atom is -0.370 e. The first-order valence-corrected chi connectivity index (χ1v) is 8.43. The number of pyridine rings is 1. The zero-order valence-electron chi connectivity index (χ0n) is 14.8. The molecule has 132 valence electrons. The van der Waals surface area contributed by atoms with E-state index < -0.39 is 17.6 Å². The van der Waals surface area contributed by atoms with Gasteiger partial charge in [0.2, 0.25) is 11.3 Å². The summed E-state index contributed by atoms with van der Waals surface area (Å²) in [5, 5.41) is 10.4. The molecule has 0 radical (unpaired) electrons. The number of carbonyl (C=O) groups is 2. The molecule has 2 heterocycles. The van der Waals surface area contributed by atoms with Gasteiger partial charge in [0, 0.05) is 12.6 Å². The van der Waals surface area contributed by atoms with Gasteiger partial charge in [-0.1, -0.05) is 13.8 Å². The second-order valence-corrected chi connectivity index (χ2v) is 7.09. The van der Waals surface area contributed by atoms with Gasteiger partial charge in [-0.25, -0.2) is 0 Å². The molecule has 0 fully saturated rings. The Kier molecular flexibility index (Phi) is 4.24. The average Bonchev–Trinajstić information content (AvgIpc) is 2.50. The van der Waals surface area contributed by atoms with Gasteiger partial charge >= 0.3 is 0 Å². The number of aliphatic hydroxyl groups excluding tert-OH is 1. The number of aromatic nitrogens is 1. The van der Waals surface area contributed by atoms with E-state index in [4.69, 9.17) is 0 Å². The van der Waals surface area contributed by atoms with Crippen molar-refractivity contribution in [3.05, 3.63) is 56.2 Å². The molecule has 2 aliphatic rings. The smallest absolute Gasteiger partial charge is 0.248 e. The average molecular weight is 342 g/mol. The monoisotopic (exact) mass is 342 g/mol. The quantitative estimate of drug-likeness (QED) is 0.876. The summed E-state index contributed by atoms with van der Waals surface area (Å²) >= 11 is 0. The molecular formula is C19H22N2O4. The van der Waals surface area contributed by atoms with E-state index in [0.717, 1.165) is 6.42 Å². The number of ketones is 2. The number of nitrogens with one attached hydrogen (secondary N) is 1. The number of aromatic amines is 1. The van der Waals surface area contributed by atoms with E-state index in [0.29, 0.717) is 29.2 Å². The number of carbonyl (C=O) groups excluding carboxylic acids is 2. The number of Topliss-reactive ketones (excluding diaryl/α,β-unsaturated/α-hetero) is 2. The third kappa shape index (κ3) is 2.76. The fraction of sp³-hybridized carbons (Fsp3) is 0.421. The molecule has 1 atom stereocenters. The standard InChI is InChI=1S/C19H22N2O4/c1-9(2)5-6-21-13(23)8-11(4)15-17(21)19(25)16-14(18(15)24)10(3)7-12(22)20-16/h7-9,13,23H,5-6H2,1-4H3,(H,20,22). The second kappa shape index (κ2) is 6.11. The Labute approximate surface area is 145 Å². The topological polar surface area (TPSA) is 90.5 Å². The number of hydrogen-bond acceptors (Lipinski definition) is 5. The van der Waals surface area contributed by atoms with E-state index >= 15 is 0 Å². The molecule has 3 rings (SSSR count). The first kappa shape index (κ1) is 17.4. The number of nitrogens with zero attached hydrogens (tertiary/aromatic N) is 1. The SMILES string of the molecule is CC1=CC(O)N(CCC(C)C)C2=C1C(=O)c1c(C)cc(=O)[nH]c1C2=O. The molecule has 1 aromatic rings. The first-order chi connectivity index (χ1) is 11.7. The molecule has 1 aliphatic carbocycles. The Balaban J connectivity index is 2.19. The van der Waals surface area contributed by atoms with Crippen LogP contribution in [-0.2, 0) is 0 Å². The van der Waals surface area contributed by atoms with E-state index in [9.17, 15) is 19.5 Å². The third-order valence-electron chi connectivity index (χ3n) is 4.72. The zero-order chi connectivity index (χ0) is 18.5. The van der Waals surface area contributed by atoms with Crippen LogP contribution in [0.3, 0.4) is 0 Å². The maximum atomic E-state index is 13.1. The van der Waals surface area contributed by atoms with Crippen LogP contribution in [0.15, 0.2) is 33.8 Å². The summed E-state index contributed by atoms with van der Waals surface area (Å²) in [7, 11) is 0.